The van der Waals surface area contributed by atoms with Crippen molar-refractivity contribution < 1.29 is 14.6 Å². The van der Waals surface area contributed by atoms with Crippen LogP contribution in [0.15, 0.2) is 35.7 Å². The Morgan fingerprint density at radius 2 is 2.12 bits per heavy atom. The average Bonchev–Trinajstić information content (AvgIpc) is 3.07. The molecule has 0 aliphatic rings. The molecule has 0 fully saturated rings. The average molecular weight is 349 g/mol. The highest BCUT2D eigenvalue weighted by molar-refractivity contribution is 7.10. The molecule has 7 heteroatoms. The van der Waals surface area contributed by atoms with E-state index in [0.717, 1.165) is 5.56 Å². The minimum Gasteiger partial charge on any atom is -0.504 e. The number of carbonyl (C=O) groups is 1. The summed E-state index contributed by atoms with van der Waals surface area (Å²) >= 11 is 1.67. The highest BCUT2D eigenvalue weighted by atomic mass is 32.1. The second-order valence-corrected chi connectivity index (χ2v) is 6.54. The molecule has 24 heavy (non-hydrogen) atoms. The lowest BCUT2D eigenvalue weighted by Gasteiger charge is -2.23. The molecule has 0 bridgehead atoms. The van der Waals surface area contributed by atoms with Gasteiger partial charge in [0.15, 0.2) is 11.5 Å². The number of carbonyl (C=O) groups excluding carboxylic acids is 1. The number of thiophene rings is 1. The molecule has 130 valence electrons. The molecule has 2 aromatic rings. The molecule has 0 aliphatic heterocycles. The number of phenolic OH excluding ortho intramolecular Hbond substituents is 1. The molecule has 1 atom stereocenters. The van der Waals surface area contributed by atoms with Gasteiger partial charge >= 0.3 is 6.03 Å². The molecule has 0 unspecified atom stereocenters. The van der Waals surface area contributed by atoms with Gasteiger partial charge in [0, 0.05) is 18.0 Å². The summed E-state index contributed by atoms with van der Waals surface area (Å²) in [7, 11) is 5.48. The lowest BCUT2D eigenvalue weighted by Crippen LogP contribution is -2.40. The molecule has 0 radical (unpaired) electrons. The van der Waals surface area contributed by atoms with Crippen molar-refractivity contribution in [2.24, 2.45) is 0 Å². The third-order valence-electron chi connectivity index (χ3n) is 3.65. The fourth-order valence-corrected chi connectivity index (χ4v) is 3.22. The molecule has 0 spiro atoms. The van der Waals surface area contributed by atoms with Gasteiger partial charge in [0.1, 0.15) is 0 Å². The second-order valence-electron chi connectivity index (χ2n) is 5.56. The monoisotopic (exact) mass is 349 g/mol. The van der Waals surface area contributed by atoms with Crippen LogP contribution in [0.3, 0.4) is 0 Å². The van der Waals surface area contributed by atoms with Crippen molar-refractivity contribution in [1.82, 2.24) is 15.5 Å². The van der Waals surface area contributed by atoms with Gasteiger partial charge in [0.05, 0.1) is 13.2 Å². The van der Waals surface area contributed by atoms with E-state index >= 15 is 0 Å². The van der Waals surface area contributed by atoms with Crippen molar-refractivity contribution in [2.45, 2.75) is 12.6 Å². The van der Waals surface area contributed by atoms with Gasteiger partial charge in [-0.15, -0.1) is 11.3 Å². The van der Waals surface area contributed by atoms with Crippen LogP contribution in [0.5, 0.6) is 11.5 Å². The minimum absolute atomic E-state index is 0.0579. The highest BCUT2D eigenvalue weighted by Crippen LogP contribution is 2.26. The fraction of sp³-hybridized carbons (Fsp3) is 0.353. The van der Waals surface area contributed by atoms with Gasteiger partial charge in [-0.25, -0.2) is 4.79 Å². The number of amides is 2. The molecule has 1 heterocycles. The van der Waals surface area contributed by atoms with Crippen molar-refractivity contribution in [3.05, 3.63) is 46.2 Å². The van der Waals surface area contributed by atoms with Crippen molar-refractivity contribution in [3.63, 3.8) is 0 Å². The Hall–Kier alpha value is -2.25. The van der Waals surface area contributed by atoms with Gasteiger partial charge in [-0.3, -0.25) is 0 Å². The maximum Gasteiger partial charge on any atom is 0.315 e. The summed E-state index contributed by atoms with van der Waals surface area (Å²) in [5.74, 6) is 0.468. The van der Waals surface area contributed by atoms with E-state index in [2.05, 4.69) is 21.6 Å². The summed E-state index contributed by atoms with van der Waals surface area (Å²) in [6, 6.07) is 9.01. The molecule has 0 saturated carbocycles. The molecular weight excluding hydrogens is 326 g/mol. The molecule has 2 rings (SSSR count). The Morgan fingerprint density at radius 3 is 2.71 bits per heavy atom. The Labute approximate surface area is 146 Å². The lowest BCUT2D eigenvalue weighted by atomic mass is 10.2. The topological polar surface area (TPSA) is 73.8 Å². The van der Waals surface area contributed by atoms with Crippen LogP contribution < -0.4 is 15.4 Å². The normalized spacial score (nSPS) is 12.0. The summed E-state index contributed by atoms with van der Waals surface area (Å²) in [5, 5.41) is 17.4. The zero-order valence-corrected chi connectivity index (χ0v) is 14.9. The predicted molar refractivity (Wildman–Crippen MR) is 95.6 cm³/mol. The number of phenols is 1. The fourth-order valence-electron chi connectivity index (χ4n) is 2.30. The molecule has 1 aromatic carbocycles. The summed E-state index contributed by atoms with van der Waals surface area (Å²) in [5.41, 5.74) is 0.797. The van der Waals surface area contributed by atoms with E-state index in [0.29, 0.717) is 18.8 Å². The van der Waals surface area contributed by atoms with Crippen LogP contribution in [-0.2, 0) is 6.54 Å². The van der Waals surface area contributed by atoms with E-state index in [4.69, 9.17) is 4.74 Å². The summed E-state index contributed by atoms with van der Waals surface area (Å²) in [4.78, 5) is 15.3. The standard InChI is InChI=1S/C17H23N3O3S/c1-20(2)13(16-5-4-8-24-16)11-19-17(22)18-10-12-6-7-15(23-3)14(21)9-12/h4-9,13,21H,10-11H2,1-3H3,(H2,18,19,22)/t13-/m1/s1. The van der Waals surface area contributed by atoms with Crippen LogP contribution in [-0.4, -0.2) is 43.8 Å². The highest BCUT2D eigenvalue weighted by Gasteiger charge is 2.16. The molecular formula is C17H23N3O3S. The number of methoxy groups -OCH3 is 1. The number of benzene rings is 1. The summed E-state index contributed by atoms with van der Waals surface area (Å²) < 4.78 is 4.99. The first-order valence-corrected chi connectivity index (χ1v) is 8.46. The zero-order chi connectivity index (χ0) is 17.5. The zero-order valence-electron chi connectivity index (χ0n) is 14.1. The Morgan fingerprint density at radius 1 is 1.33 bits per heavy atom. The number of hydrogen-bond acceptors (Lipinski definition) is 5. The van der Waals surface area contributed by atoms with Crippen molar-refractivity contribution in [1.29, 1.82) is 0 Å². The second kappa shape index (κ2) is 8.56. The first-order valence-electron chi connectivity index (χ1n) is 7.58. The van der Waals surface area contributed by atoms with E-state index in [1.165, 1.54) is 12.0 Å². The molecule has 6 nitrogen and oxygen atoms in total. The first-order chi connectivity index (χ1) is 11.5. The van der Waals surface area contributed by atoms with Gasteiger partial charge in [-0.1, -0.05) is 12.1 Å². The Balaban J connectivity index is 1.83. The summed E-state index contributed by atoms with van der Waals surface area (Å²) in [6.07, 6.45) is 0. The Bertz CT molecular complexity index is 659. The van der Waals surface area contributed by atoms with Crippen LogP contribution in [0.2, 0.25) is 0 Å². The van der Waals surface area contributed by atoms with Crippen molar-refractivity contribution in [2.75, 3.05) is 27.7 Å². The number of nitrogens with one attached hydrogen (secondary N) is 2. The van der Waals surface area contributed by atoms with Crippen LogP contribution in [0.4, 0.5) is 4.79 Å². The molecule has 2 amide bonds. The number of nitrogens with zero attached hydrogens (tertiary/aromatic N) is 1. The van der Waals surface area contributed by atoms with E-state index in [9.17, 15) is 9.90 Å². The third kappa shape index (κ3) is 4.87. The van der Waals surface area contributed by atoms with E-state index < -0.39 is 0 Å². The van der Waals surface area contributed by atoms with Crippen LogP contribution in [0.25, 0.3) is 0 Å². The number of hydrogen-bond donors (Lipinski definition) is 3. The maximum atomic E-state index is 12.0. The third-order valence-corrected chi connectivity index (χ3v) is 4.62. The SMILES string of the molecule is COc1ccc(CNC(=O)NC[C@H](c2cccs2)N(C)C)cc1O. The van der Waals surface area contributed by atoms with Crippen LogP contribution >= 0.6 is 11.3 Å². The number of ether oxygens (including phenoxy) is 1. The van der Waals surface area contributed by atoms with E-state index in [1.54, 1.807) is 29.5 Å². The van der Waals surface area contributed by atoms with Crippen molar-refractivity contribution in [3.8, 4) is 11.5 Å². The summed E-state index contributed by atoms with van der Waals surface area (Å²) in [6.45, 7) is 0.849. The molecule has 1 aromatic heterocycles. The maximum absolute atomic E-state index is 12.0. The number of likely N-dealkylation sites (N-methyl/N-ethyl adjacent to an activating group) is 1. The molecule has 0 saturated heterocycles. The number of aromatic hydroxyl groups is 1. The van der Waals surface area contributed by atoms with E-state index in [1.807, 2.05) is 25.5 Å². The van der Waals surface area contributed by atoms with Gasteiger partial charge in [-0.2, -0.15) is 0 Å². The van der Waals surface area contributed by atoms with Crippen LogP contribution in [0.1, 0.15) is 16.5 Å². The molecule has 0 aliphatic carbocycles. The quantitative estimate of drug-likeness (QED) is 0.718. The van der Waals surface area contributed by atoms with Gasteiger partial charge in [-0.05, 0) is 43.2 Å². The smallest absolute Gasteiger partial charge is 0.315 e. The lowest BCUT2D eigenvalue weighted by molar-refractivity contribution is 0.233. The minimum atomic E-state index is -0.242. The predicted octanol–water partition coefficient (Wildman–Crippen LogP) is 2.56. The van der Waals surface area contributed by atoms with Gasteiger partial charge < -0.3 is 25.4 Å². The first kappa shape index (κ1) is 18.1. The number of urea groups is 1. The van der Waals surface area contributed by atoms with Gasteiger partial charge in [0.2, 0.25) is 0 Å². The largest absolute Gasteiger partial charge is 0.504 e. The van der Waals surface area contributed by atoms with Crippen molar-refractivity contribution >= 4 is 17.4 Å². The Kier molecular flexibility index (Phi) is 6.45. The van der Waals surface area contributed by atoms with Crippen LogP contribution in [0, 0.1) is 0 Å². The van der Waals surface area contributed by atoms with E-state index in [-0.39, 0.29) is 17.8 Å². The number of rotatable bonds is 7. The van der Waals surface area contributed by atoms with Gasteiger partial charge in [0.25, 0.3) is 0 Å². The molecule has 3 N–H and O–H groups in total.